The normalized spacial score (nSPS) is 11.1. The predicted octanol–water partition coefficient (Wildman–Crippen LogP) is 1.06. The number of nitrogens with one attached hydrogen (secondary N) is 2. The molecule has 0 aromatic heterocycles. The molecule has 0 aliphatic rings. The summed E-state index contributed by atoms with van der Waals surface area (Å²) in [7, 11) is -3.75. The minimum atomic E-state index is -3.75. The van der Waals surface area contributed by atoms with Crippen LogP contribution >= 0.6 is 11.6 Å². The summed E-state index contributed by atoms with van der Waals surface area (Å²) >= 11 is 5.66. The second-order valence-corrected chi connectivity index (χ2v) is 5.08. The van der Waals surface area contributed by atoms with Gasteiger partial charge in [0.15, 0.2) is 0 Å². The molecule has 0 heterocycles. The molecule has 0 saturated heterocycles. The van der Waals surface area contributed by atoms with E-state index in [0.717, 1.165) is 0 Å². The second-order valence-electron chi connectivity index (χ2n) is 2.96. The van der Waals surface area contributed by atoms with Crippen molar-refractivity contribution < 1.29 is 13.2 Å². The van der Waals surface area contributed by atoms with E-state index in [9.17, 15) is 13.2 Å². The van der Waals surface area contributed by atoms with Crippen molar-refractivity contribution in [1.82, 2.24) is 10.3 Å². The summed E-state index contributed by atoms with van der Waals surface area (Å²) in [4.78, 5) is 12.9. The Labute approximate surface area is 98.8 Å². The maximum atomic E-state index is 11.6. The number of carbonyl (C=O) groups excluding carboxylic acids is 1. The van der Waals surface area contributed by atoms with Gasteiger partial charge in [-0.1, -0.05) is 24.6 Å². The van der Waals surface area contributed by atoms with Gasteiger partial charge in [0, 0.05) is 11.4 Å². The molecule has 0 atom stereocenters. The van der Waals surface area contributed by atoms with Crippen molar-refractivity contribution in [2.45, 2.75) is 18.2 Å². The summed E-state index contributed by atoms with van der Waals surface area (Å²) in [6, 6.07) is 5.75. The van der Waals surface area contributed by atoms with E-state index in [2.05, 4.69) is 5.43 Å². The highest BCUT2D eigenvalue weighted by Gasteiger charge is 2.14. The molecule has 2 N–H and O–H groups in total. The Hall–Kier alpha value is -1.11. The Bertz CT molecular complexity index is 487. The van der Waals surface area contributed by atoms with Crippen LogP contribution in [0.25, 0.3) is 0 Å². The number of benzene rings is 1. The summed E-state index contributed by atoms with van der Waals surface area (Å²) in [6.07, 6.45) is 0.193. The second kappa shape index (κ2) is 5.29. The first-order valence-corrected chi connectivity index (χ1v) is 6.38. The van der Waals surface area contributed by atoms with Crippen LogP contribution in [0.1, 0.15) is 13.3 Å². The molecular formula is C9H11ClN2O3S. The van der Waals surface area contributed by atoms with Crippen LogP contribution in [0.2, 0.25) is 5.02 Å². The lowest BCUT2D eigenvalue weighted by molar-refractivity contribution is -0.121. The van der Waals surface area contributed by atoms with Gasteiger partial charge in [-0.3, -0.25) is 10.2 Å². The van der Waals surface area contributed by atoms with Crippen LogP contribution in [-0.2, 0) is 14.8 Å². The molecule has 7 heteroatoms. The summed E-state index contributed by atoms with van der Waals surface area (Å²) in [5.41, 5.74) is 2.07. The van der Waals surface area contributed by atoms with Crippen molar-refractivity contribution in [3.05, 3.63) is 29.3 Å². The predicted molar refractivity (Wildman–Crippen MR) is 60.2 cm³/mol. The fraction of sp³-hybridized carbons (Fsp3) is 0.222. The SMILES string of the molecule is CCC(=O)NNS(=O)(=O)c1cccc(Cl)c1. The van der Waals surface area contributed by atoms with Gasteiger partial charge in [0.25, 0.3) is 10.0 Å². The van der Waals surface area contributed by atoms with E-state index in [1.54, 1.807) is 13.0 Å². The summed E-state index contributed by atoms with van der Waals surface area (Å²) in [5, 5.41) is 0.310. The highest BCUT2D eigenvalue weighted by atomic mass is 35.5. The van der Waals surface area contributed by atoms with Crippen molar-refractivity contribution in [1.29, 1.82) is 0 Å². The van der Waals surface area contributed by atoms with Crippen molar-refractivity contribution in [2.75, 3.05) is 0 Å². The molecule has 1 aromatic carbocycles. The molecule has 0 fully saturated rings. The zero-order valence-electron chi connectivity index (χ0n) is 8.53. The Morgan fingerprint density at radius 2 is 2.12 bits per heavy atom. The van der Waals surface area contributed by atoms with Crippen LogP contribution in [-0.4, -0.2) is 14.3 Å². The van der Waals surface area contributed by atoms with E-state index in [0.29, 0.717) is 5.02 Å². The van der Waals surface area contributed by atoms with Crippen molar-refractivity contribution in [3.8, 4) is 0 Å². The Balaban J connectivity index is 2.82. The molecule has 0 spiro atoms. The molecule has 0 radical (unpaired) electrons. The van der Waals surface area contributed by atoms with Gasteiger partial charge in [0.2, 0.25) is 5.91 Å². The summed E-state index contributed by atoms with van der Waals surface area (Å²) < 4.78 is 23.2. The molecule has 0 aliphatic carbocycles. The van der Waals surface area contributed by atoms with Gasteiger partial charge >= 0.3 is 0 Å². The van der Waals surface area contributed by atoms with Gasteiger partial charge in [0.1, 0.15) is 0 Å². The number of carbonyl (C=O) groups is 1. The van der Waals surface area contributed by atoms with E-state index < -0.39 is 15.9 Å². The molecule has 1 aromatic rings. The van der Waals surface area contributed by atoms with Gasteiger partial charge < -0.3 is 0 Å². The zero-order valence-corrected chi connectivity index (χ0v) is 10.1. The minimum absolute atomic E-state index is 0.00333. The average molecular weight is 263 g/mol. The third-order valence-corrected chi connectivity index (χ3v) is 3.23. The van der Waals surface area contributed by atoms with Gasteiger partial charge in [0.05, 0.1) is 4.90 Å². The molecule has 0 unspecified atom stereocenters. The van der Waals surface area contributed by atoms with E-state index in [1.807, 2.05) is 4.83 Å². The molecule has 88 valence electrons. The molecule has 1 rings (SSSR count). The molecule has 0 saturated carbocycles. The monoisotopic (exact) mass is 262 g/mol. The summed E-state index contributed by atoms with van der Waals surface area (Å²) in [6.45, 7) is 1.61. The fourth-order valence-corrected chi connectivity index (χ4v) is 2.07. The largest absolute Gasteiger partial charge is 0.278 e. The van der Waals surface area contributed by atoms with Crippen molar-refractivity contribution in [3.63, 3.8) is 0 Å². The third-order valence-electron chi connectivity index (χ3n) is 1.75. The minimum Gasteiger partial charge on any atom is -0.278 e. The lowest BCUT2D eigenvalue weighted by atomic mass is 10.4. The fourth-order valence-electron chi connectivity index (χ4n) is 0.906. The van der Waals surface area contributed by atoms with E-state index in [-0.39, 0.29) is 11.3 Å². The van der Waals surface area contributed by atoms with Crippen LogP contribution in [0.15, 0.2) is 29.2 Å². The quantitative estimate of drug-likeness (QED) is 0.797. The lowest BCUT2D eigenvalue weighted by Crippen LogP contribution is -2.41. The molecular weight excluding hydrogens is 252 g/mol. The standard InChI is InChI=1S/C9H11ClN2O3S/c1-2-9(13)11-12-16(14,15)8-5-3-4-7(10)6-8/h3-6,12H,2H2,1H3,(H,11,13). The maximum Gasteiger partial charge on any atom is 0.257 e. The maximum absolute atomic E-state index is 11.6. The van der Waals surface area contributed by atoms with E-state index in [1.165, 1.54) is 18.2 Å². The van der Waals surface area contributed by atoms with Crippen LogP contribution in [0, 0.1) is 0 Å². The number of amides is 1. The first kappa shape index (κ1) is 13.0. The molecule has 5 nitrogen and oxygen atoms in total. The molecule has 0 bridgehead atoms. The molecule has 0 aliphatic heterocycles. The lowest BCUT2D eigenvalue weighted by Gasteiger charge is -2.07. The highest BCUT2D eigenvalue weighted by molar-refractivity contribution is 7.89. The number of hydrogen-bond acceptors (Lipinski definition) is 3. The smallest absolute Gasteiger partial charge is 0.257 e. The number of rotatable bonds is 4. The summed E-state index contributed by atoms with van der Waals surface area (Å²) in [5.74, 6) is -0.411. The van der Waals surface area contributed by atoms with Crippen molar-refractivity contribution in [2.24, 2.45) is 0 Å². The highest BCUT2D eigenvalue weighted by Crippen LogP contribution is 2.14. The Morgan fingerprint density at radius 3 is 2.69 bits per heavy atom. The van der Waals surface area contributed by atoms with Crippen molar-refractivity contribution >= 4 is 27.5 Å². The number of hydrazine groups is 1. The number of sulfonamides is 1. The number of hydrogen-bond donors (Lipinski definition) is 2. The van der Waals surface area contributed by atoms with Gasteiger partial charge in [-0.15, -0.1) is 4.83 Å². The molecule has 1 amide bonds. The Morgan fingerprint density at radius 1 is 1.44 bits per heavy atom. The van der Waals surface area contributed by atoms with Gasteiger partial charge in [-0.2, -0.15) is 0 Å². The first-order chi connectivity index (χ1) is 7.45. The Kier molecular flexibility index (Phi) is 4.28. The van der Waals surface area contributed by atoms with Gasteiger partial charge in [-0.25, -0.2) is 8.42 Å². The topological polar surface area (TPSA) is 75.3 Å². The van der Waals surface area contributed by atoms with Crippen LogP contribution in [0.4, 0.5) is 0 Å². The van der Waals surface area contributed by atoms with Crippen LogP contribution < -0.4 is 10.3 Å². The van der Waals surface area contributed by atoms with Crippen LogP contribution in [0.5, 0.6) is 0 Å². The van der Waals surface area contributed by atoms with Crippen LogP contribution in [0.3, 0.4) is 0 Å². The van der Waals surface area contributed by atoms with E-state index >= 15 is 0 Å². The van der Waals surface area contributed by atoms with Gasteiger partial charge in [-0.05, 0) is 18.2 Å². The third kappa shape index (κ3) is 3.48. The average Bonchev–Trinajstić information content (AvgIpc) is 2.26. The first-order valence-electron chi connectivity index (χ1n) is 4.52. The van der Waals surface area contributed by atoms with E-state index in [4.69, 9.17) is 11.6 Å². The number of halogens is 1. The zero-order chi connectivity index (χ0) is 12.2. The molecule has 16 heavy (non-hydrogen) atoms.